The zero-order chi connectivity index (χ0) is 20.3. The molecule has 0 unspecified atom stereocenters. The van der Waals surface area contributed by atoms with E-state index >= 15 is 0 Å². The van der Waals surface area contributed by atoms with E-state index in [1.165, 1.54) is 27.4 Å². The normalized spacial score (nSPS) is 11.1. The van der Waals surface area contributed by atoms with E-state index in [1.807, 2.05) is 0 Å². The number of para-hydroxylation sites is 2. The van der Waals surface area contributed by atoms with E-state index in [0.717, 1.165) is 36.9 Å². The van der Waals surface area contributed by atoms with Crippen LogP contribution in [0.4, 0.5) is 0 Å². The minimum Gasteiger partial charge on any atom is -1.00 e. The molecular weight excluding hydrogens is 514 g/mol. The molecule has 2 aromatic heterocycles. The highest BCUT2D eigenvalue weighted by Gasteiger charge is 2.10. The number of unbranched alkanes of at least 4 members (excludes halogenated alkanes) is 1. The molecule has 2 heterocycles. The van der Waals surface area contributed by atoms with Crippen molar-refractivity contribution < 1.29 is 21.5 Å². The van der Waals surface area contributed by atoms with Crippen LogP contribution in [0.25, 0.3) is 21.8 Å². The monoisotopic (exact) mass is 537 g/mol. The number of rotatable bonds is 7. The van der Waals surface area contributed by atoms with Crippen LogP contribution in [0.1, 0.15) is 18.4 Å². The second kappa shape index (κ2) is 9.84. The van der Waals surface area contributed by atoms with Gasteiger partial charge in [0.1, 0.15) is 18.9 Å². The van der Waals surface area contributed by atoms with Gasteiger partial charge in [-0.15, -0.1) is 0 Å². The van der Waals surface area contributed by atoms with Crippen molar-refractivity contribution in [2.75, 3.05) is 0 Å². The summed E-state index contributed by atoms with van der Waals surface area (Å²) in [5.41, 5.74) is 3.98. The molecule has 0 atom stereocenters. The Bertz CT molecular complexity index is 1250. The van der Waals surface area contributed by atoms with Crippen LogP contribution in [0, 0.1) is 0 Å². The van der Waals surface area contributed by atoms with Crippen molar-refractivity contribution >= 4 is 37.7 Å². The Morgan fingerprint density at radius 2 is 1.35 bits per heavy atom. The number of nitrogens with zero attached hydrogens (tertiary/aromatic N) is 3. The largest absolute Gasteiger partial charge is 1.00 e. The number of aryl methyl sites for hydroxylation is 2. The van der Waals surface area contributed by atoms with Crippen LogP contribution < -0.4 is 21.5 Å². The quantitative estimate of drug-likeness (QED) is 0.223. The lowest BCUT2D eigenvalue weighted by atomic mass is 10.2. The van der Waals surface area contributed by atoms with Crippen molar-refractivity contribution in [2.45, 2.75) is 32.5 Å². The lowest BCUT2D eigenvalue weighted by Crippen LogP contribution is -3.00. The molecular formula is C26H25Br2N3. The van der Waals surface area contributed by atoms with Crippen LogP contribution in [0.3, 0.4) is 0 Å². The van der Waals surface area contributed by atoms with Gasteiger partial charge in [-0.25, -0.2) is 9.13 Å². The lowest BCUT2D eigenvalue weighted by molar-refractivity contribution is -0.688. The van der Waals surface area contributed by atoms with E-state index in [9.17, 15) is 0 Å². The maximum absolute atomic E-state index is 3.64. The Balaban J connectivity index is 0.00000231. The predicted octanol–water partition coefficient (Wildman–Crippen LogP) is 3.18. The van der Waals surface area contributed by atoms with Crippen molar-refractivity contribution in [3.63, 3.8) is 0 Å². The average molecular weight is 539 g/mol. The van der Waals surface area contributed by atoms with Gasteiger partial charge in [0.2, 0.25) is 6.33 Å². The first-order valence-corrected chi connectivity index (χ1v) is 11.3. The SMILES string of the molecule is Brc1ccccc1C[n+]1ccn(CCCCn2c3ccccc3c3ccccc32)c1.[Br-]. The molecule has 0 saturated heterocycles. The van der Waals surface area contributed by atoms with Crippen LogP contribution in [0.2, 0.25) is 0 Å². The molecule has 5 heteroatoms. The molecule has 3 nitrogen and oxygen atoms in total. The summed E-state index contributed by atoms with van der Waals surface area (Å²) < 4.78 is 8.18. The number of fused-ring (bicyclic) bond motifs is 3. The van der Waals surface area contributed by atoms with Gasteiger partial charge < -0.3 is 21.5 Å². The molecule has 5 aromatic rings. The summed E-state index contributed by atoms with van der Waals surface area (Å²) in [5.74, 6) is 0. The molecule has 0 radical (unpaired) electrons. The molecule has 3 aromatic carbocycles. The third-order valence-corrected chi connectivity index (χ3v) is 6.56. The van der Waals surface area contributed by atoms with Crippen LogP contribution in [0.15, 0.2) is 96.0 Å². The molecule has 0 fully saturated rings. The second-order valence-corrected chi connectivity index (χ2v) is 8.66. The number of aromatic nitrogens is 3. The van der Waals surface area contributed by atoms with Crippen LogP contribution >= 0.6 is 15.9 Å². The van der Waals surface area contributed by atoms with E-state index in [2.05, 4.69) is 121 Å². The molecule has 0 aliphatic rings. The number of hydrogen-bond acceptors (Lipinski definition) is 0. The smallest absolute Gasteiger partial charge is 0.244 e. The molecule has 0 spiro atoms. The Kier molecular flexibility index (Phi) is 6.93. The molecule has 0 amide bonds. The first-order chi connectivity index (χ1) is 14.8. The Labute approximate surface area is 201 Å². The highest BCUT2D eigenvalue weighted by atomic mass is 79.9. The maximum Gasteiger partial charge on any atom is 0.244 e. The first-order valence-electron chi connectivity index (χ1n) is 10.5. The summed E-state index contributed by atoms with van der Waals surface area (Å²) >= 11 is 3.64. The average Bonchev–Trinajstić information content (AvgIpc) is 3.35. The summed E-state index contributed by atoms with van der Waals surface area (Å²) in [6.07, 6.45) is 8.86. The van der Waals surface area contributed by atoms with Gasteiger partial charge in [0.05, 0.1) is 6.54 Å². The fraction of sp³-hybridized carbons (Fsp3) is 0.192. The summed E-state index contributed by atoms with van der Waals surface area (Å²) in [5, 5.41) is 2.71. The second-order valence-electron chi connectivity index (χ2n) is 7.81. The summed E-state index contributed by atoms with van der Waals surface area (Å²) in [4.78, 5) is 0. The zero-order valence-corrected chi connectivity index (χ0v) is 20.5. The molecule has 0 N–H and O–H groups in total. The molecule has 0 aliphatic heterocycles. The number of halogens is 2. The topological polar surface area (TPSA) is 13.7 Å². The Hall–Kier alpha value is -2.37. The van der Waals surface area contributed by atoms with Crippen molar-refractivity contribution in [1.82, 2.24) is 9.13 Å². The van der Waals surface area contributed by atoms with E-state index in [-0.39, 0.29) is 17.0 Å². The molecule has 158 valence electrons. The lowest BCUT2D eigenvalue weighted by Gasteiger charge is -2.07. The third-order valence-electron chi connectivity index (χ3n) is 5.78. The number of hydrogen-bond donors (Lipinski definition) is 0. The summed E-state index contributed by atoms with van der Waals surface area (Å²) in [7, 11) is 0. The van der Waals surface area contributed by atoms with Crippen LogP contribution in [-0.4, -0.2) is 9.13 Å². The van der Waals surface area contributed by atoms with Gasteiger partial charge in [-0.3, -0.25) is 0 Å². The Morgan fingerprint density at radius 1 is 0.742 bits per heavy atom. The standard InChI is InChI=1S/C26H25BrN3.BrH/c27-24-12-4-1-9-21(24)19-29-18-17-28(20-29)15-7-8-16-30-25-13-5-2-10-22(25)23-11-3-6-14-26(23)30;/h1-6,9-14,17-18,20H,7-8,15-16,19H2;1H/q+1;/p-1. The molecule has 5 rings (SSSR count). The van der Waals surface area contributed by atoms with E-state index in [1.54, 1.807) is 0 Å². The van der Waals surface area contributed by atoms with Gasteiger partial charge in [0.25, 0.3) is 0 Å². The highest BCUT2D eigenvalue weighted by Crippen LogP contribution is 2.29. The Morgan fingerprint density at radius 3 is 2.06 bits per heavy atom. The fourth-order valence-corrected chi connectivity index (χ4v) is 4.71. The van der Waals surface area contributed by atoms with Crippen molar-refractivity contribution in [2.24, 2.45) is 0 Å². The van der Waals surface area contributed by atoms with Gasteiger partial charge >= 0.3 is 0 Å². The minimum absolute atomic E-state index is 0. The maximum atomic E-state index is 3.64. The zero-order valence-electron chi connectivity index (χ0n) is 17.3. The van der Waals surface area contributed by atoms with E-state index in [4.69, 9.17) is 0 Å². The van der Waals surface area contributed by atoms with Gasteiger partial charge in [-0.05, 0) is 31.0 Å². The van der Waals surface area contributed by atoms with E-state index < -0.39 is 0 Å². The molecule has 0 aliphatic carbocycles. The minimum atomic E-state index is 0. The van der Waals surface area contributed by atoms with Gasteiger partial charge in [0.15, 0.2) is 0 Å². The first kappa shape index (κ1) is 21.8. The molecule has 31 heavy (non-hydrogen) atoms. The molecule has 0 bridgehead atoms. The van der Waals surface area contributed by atoms with Crippen molar-refractivity contribution in [3.05, 3.63) is 102 Å². The number of benzene rings is 3. The highest BCUT2D eigenvalue weighted by molar-refractivity contribution is 9.10. The van der Waals surface area contributed by atoms with Crippen molar-refractivity contribution in [3.8, 4) is 0 Å². The third kappa shape index (κ3) is 4.63. The summed E-state index contributed by atoms with van der Waals surface area (Å²) in [6, 6.07) is 25.9. The van der Waals surface area contributed by atoms with Gasteiger partial charge in [-0.1, -0.05) is 70.5 Å². The molecule has 0 saturated carbocycles. The van der Waals surface area contributed by atoms with Crippen LogP contribution in [-0.2, 0) is 19.6 Å². The van der Waals surface area contributed by atoms with Gasteiger partial charge in [-0.2, -0.15) is 0 Å². The van der Waals surface area contributed by atoms with Crippen LogP contribution in [0.5, 0.6) is 0 Å². The number of imidazole rings is 1. The van der Waals surface area contributed by atoms with E-state index in [0.29, 0.717) is 0 Å². The predicted molar refractivity (Wildman–Crippen MR) is 127 cm³/mol. The van der Waals surface area contributed by atoms with Crippen molar-refractivity contribution in [1.29, 1.82) is 0 Å². The summed E-state index contributed by atoms with van der Waals surface area (Å²) in [6.45, 7) is 2.97. The van der Waals surface area contributed by atoms with Gasteiger partial charge in [0, 0.05) is 38.4 Å². The fourth-order valence-electron chi connectivity index (χ4n) is 4.30.